The van der Waals surface area contributed by atoms with Crippen molar-refractivity contribution in [2.75, 3.05) is 45.8 Å². The number of carboxylic acid groups (broad SMARTS) is 3. The molecule has 6 heterocycles. The van der Waals surface area contributed by atoms with Crippen molar-refractivity contribution in [3.8, 4) is 0 Å². The number of carbonyl (C=O) groups is 17. The molecule has 0 radical (unpaired) electrons. The molecule has 3 aliphatic heterocycles. The maximum Gasteiger partial charge on any atom is 0.317 e. The molecule has 6 aromatic rings. The SMILES string of the molecule is CC(=O)NC1CCC(=O)NCCCC(C(=O)N2CCCC2C(=O)N2CCCC2C(=O)NC(Cc2cnc[nH]2)C(=O)NC(CC(=O)O)C(=O)NC(CCCCN(CC(=O)O)CC(=O)O)C(=O)NC(Cc2ccccc2)C(N)=O)NC(=O)C(Cc2c[nH]c3ccccc23)NC(=O)C(CCCNC(=N)N)NC(=O)C(Cc2ccccc2)NC(=O)C(Cc2cnc[nH]2)NC1=O. The van der Waals surface area contributed by atoms with Crippen LogP contribution in [-0.4, -0.2) is 280 Å². The summed E-state index contributed by atoms with van der Waals surface area (Å²) in [7, 11) is 0. The standard InChI is InChI=1S/C83H109N23O20/c1-47(107)94-57-27-28-67(108)89-29-13-24-58(97-76(120)61(36-50-40-91-54-21-9-8-20-53(50)54)100-73(117)56(23-12-30-90-83(85)86)96-75(119)60(35-49-18-6-3-7-19-49)99-77(121)62(101-74(57)118)37-51-41-87-45-92-51)81(125)106-33-15-26-66(106)82(126)105-32-14-25-65(105)80(124)103-63(38-52-42-88-46-93-52)78(122)102-64(39-68(109)110)79(123)95-55(22-10-11-31-104(43-69(111)112)44-70(113)114)72(116)98-59(71(84)115)34-48-16-4-2-5-17-48/h2-9,16-21,40-42,45-46,55-66,91H,10-15,22-39,43-44H2,1H3,(H2,84,115)(H,87,92)(H,88,93)(H,89,108)(H,94,107)(H,95,123)(H,96,119)(H,97,120)(H,98,116)(H,99,121)(H,100,117)(H,101,118)(H,102,122)(H,103,124)(H,109,110)(H,111,112)(H,113,114)(H4,85,86,90). The predicted molar refractivity (Wildman–Crippen MR) is 449 cm³/mol. The zero-order valence-electron chi connectivity index (χ0n) is 69.5. The van der Waals surface area contributed by atoms with Gasteiger partial charge in [-0.2, -0.15) is 0 Å². The van der Waals surface area contributed by atoms with Crippen molar-refractivity contribution in [1.29, 1.82) is 5.41 Å². The molecule has 12 atom stereocenters. The van der Waals surface area contributed by atoms with Crippen LogP contribution in [0.5, 0.6) is 0 Å². The molecule has 3 fully saturated rings. The molecule has 9 rings (SSSR count). The van der Waals surface area contributed by atoms with E-state index in [-0.39, 0.29) is 154 Å². The van der Waals surface area contributed by atoms with Crippen molar-refractivity contribution in [2.24, 2.45) is 11.5 Å². The van der Waals surface area contributed by atoms with Crippen LogP contribution in [0, 0.1) is 5.41 Å². The van der Waals surface area contributed by atoms with Crippen LogP contribution in [0.25, 0.3) is 10.9 Å². The molecule has 3 aromatic carbocycles. The third-order valence-corrected chi connectivity index (χ3v) is 21.6. The van der Waals surface area contributed by atoms with Gasteiger partial charge in [0.25, 0.3) is 0 Å². The predicted octanol–water partition coefficient (Wildman–Crippen LogP) is -3.47. The minimum absolute atomic E-state index is 0.00265. The fourth-order valence-electron chi connectivity index (χ4n) is 15.3. The van der Waals surface area contributed by atoms with Crippen LogP contribution < -0.4 is 75.3 Å². The van der Waals surface area contributed by atoms with Crippen molar-refractivity contribution in [2.45, 2.75) is 201 Å². The zero-order valence-corrected chi connectivity index (χ0v) is 69.5. The number of imidazole rings is 2. The largest absolute Gasteiger partial charge is 0.481 e. The van der Waals surface area contributed by atoms with E-state index in [0.717, 1.165) is 11.8 Å². The first-order chi connectivity index (χ1) is 60.4. The van der Waals surface area contributed by atoms with E-state index >= 15 is 24.0 Å². The highest BCUT2D eigenvalue weighted by Gasteiger charge is 2.46. The fourth-order valence-corrected chi connectivity index (χ4v) is 15.3. The Labute approximate surface area is 723 Å². The lowest BCUT2D eigenvalue weighted by Crippen LogP contribution is -2.61. The number of hydrogen-bond donors (Lipinski definition) is 21. The summed E-state index contributed by atoms with van der Waals surface area (Å²) in [4.78, 5) is 260. The van der Waals surface area contributed by atoms with Crippen molar-refractivity contribution in [3.05, 3.63) is 144 Å². The van der Waals surface area contributed by atoms with Gasteiger partial charge in [0.2, 0.25) is 82.7 Å². The van der Waals surface area contributed by atoms with E-state index in [2.05, 4.69) is 88.7 Å². The summed E-state index contributed by atoms with van der Waals surface area (Å²) in [5.41, 5.74) is 14.3. The molecule has 23 N–H and O–H groups in total. The summed E-state index contributed by atoms with van der Waals surface area (Å²) in [6.45, 7) is -0.499. The van der Waals surface area contributed by atoms with Crippen molar-refractivity contribution < 1.29 is 96.8 Å². The van der Waals surface area contributed by atoms with Crippen LogP contribution in [0.15, 0.2) is 116 Å². The highest BCUT2D eigenvalue weighted by Crippen LogP contribution is 2.28. The number of hydrogen-bond acceptors (Lipinski definition) is 21. The molecule has 126 heavy (non-hydrogen) atoms. The number of nitrogens with two attached hydrogens (primary N) is 2. The normalized spacial score (nSPS) is 20.4. The number of aromatic nitrogens is 5. The van der Waals surface area contributed by atoms with Crippen LogP contribution in [-0.2, 0) is 114 Å². The van der Waals surface area contributed by atoms with E-state index in [1.165, 1.54) is 34.8 Å². The molecule has 12 unspecified atom stereocenters. The lowest BCUT2D eigenvalue weighted by atomic mass is 10.0. The van der Waals surface area contributed by atoms with Crippen LogP contribution in [0.3, 0.4) is 0 Å². The Bertz CT molecular complexity index is 4810. The molecule has 43 heteroatoms. The van der Waals surface area contributed by atoms with Gasteiger partial charge in [-0.15, -0.1) is 0 Å². The number of H-pyrrole nitrogens is 3. The molecule has 43 nitrogen and oxygen atoms in total. The summed E-state index contributed by atoms with van der Waals surface area (Å²) in [6.07, 6.45) is 3.99. The second-order valence-corrected chi connectivity index (χ2v) is 31.2. The number of nitrogens with zero attached hydrogens (tertiary/aromatic N) is 5. The molecule has 3 aromatic heterocycles. The maximum atomic E-state index is 15.7. The van der Waals surface area contributed by atoms with E-state index in [1.54, 1.807) is 91.1 Å². The lowest BCUT2D eigenvalue weighted by molar-refractivity contribution is -0.148. The number of unbranched alkanes of at least 4 members (excludes halogenated alkanes) is 1. The van der Waals surface area contributed by atoms with E-state index in [0.29, 0.717) is 33.3 Å². The number of amides is 14. The summed E-state index contributed by atoms with van der Waals surface area (Å²) in [5, 5.41) is 69.4. The number of aromatic amines is 3. The number of para-hydroxylation sites is 1. The Kier molecular flexibility index (Phi) is 36.0. The summed E-state index contributed by atoms with van der Waals surface area (Å²) < 4.78 is 0. The monoisotopic (exact) mass is 1750 g/mol. The molecular weight excluding hydrogens is 1640 g/mol. The van der Waals surface area contributed by atoms with Gasteiger partial charge in [-0.1, -0.05) is 78.9 Å². The van der Waals surface area contributed by atoms with Crippen molar-refractivity contribution >= 4 is 117 Å². The topological polar surface area (TPSA) is 654 Å². The first-order valence-electron chi connectivity index (χ1n) is 41.6. The van der Waals surface area contributed by atoms with Crippen LogP contribution in [0.4, 0.5) is 0 Å². The minimum Gasteiger partial charge on any atom is -0.481 e. The Hall–Kier alpha value is -14.2. The fraction of sp³-hybridized carbons (Fsp3) is 0.470. The van der Waals surface area contributed by atoms with Crippen molar-refractivity contribution in [3.63, 3.8) is 0 Å². The molecule has 676 valence electrons. The third-order valence-electron chi connectivity index (χ3n) is 21.6. The molecule has 0 bridgehead atoms. The van der Waals surface area contributed by atoms with Crippen LogP contribution in [0.2, 0.25) is 0 Å². The van der Waals surface area contributed by atoms with Gasteiger partial charge in [0.1, 0.15) is 72.5 Å². The Morgan fingerprint density at radius 3 is 1.75 bits per heavy atom. The number of guanidine groups is 1. The highest BCUT2D eigenvalue weighted by molar-refractivity contribution is 6.01. The van der Waals surface area contributed by atoms with Gasteiger partial charge in [-0.3, -0.25) is 91.8 Å². The van der Waals surface area contributed by atoms with E-state index in [4.69, 9.17) is 16.9 Å². The molecule has 0 spiro atoms. The number of nitrogens with one attached hydrogen (secondary N) is 16. The average Bonchev–Trinajstić information content (AvgIpc) is 1.56. The van der Waals surface area contributed by atoms with Crippen molar-refractivity contribution in [1.82, 2.24) is 103 Å². The molecular formula is C83H109N23O20. The Morgan fingerprint density at radius 1 is 0.556 bits per heavy atom. The quantitative estimate of drug-likeness (QED) is 0.0102. The summed E-state index contributed by atoms with van der Waals surface area (Å²) in [5.74, 6) is -17.1. The molecule has 0 aliphatic carbocycles. The zero-order chi connectivity index (χ0) is 90.9. The number of aliphatic carboxylic acids is 3. The van der Waals surface area contributed by atoms with E-state index in [1.807, 2.05) is 0 Å². The maximum absolute atomic E-state index is 15.7. The number of fused-ring (bicyclic) bond motifs is 1. The molecule has 3 saturated heterocycles. The second kappa shape index (κ2) is 47.5. The van der Waals surface area contributed by atoms with Gasteiger partial charge in [-0.25, -0.2) is 9.97 Å². The van der Waals surface area contributed by atoms with Gasteiger partial charge in [0.05, 0.1) is 32.2 Å². The first-order valence-corrected chi connectivity index (χ1v) is 41.6. The summed E-state index contributed by atoms with van der Waals surface area (Å²) in [6, 6.07) is 5.80. The molecule has 0 saturated carbocycles. The second-order valence-electron chi connectivity index (χ2n) is 31.2. The van der Waals surface area contributed by atoms with Crippen LogP contribution >= 0.6 is 0 Å². The van der Waals surface area contributed by atoms with Gasteiger partial charge >= 0.3 is 17.9 Å². The number of carboxylic acids is 3. The highest BCUT2D eigenvalue weighted by atomic mass is 16.4. The smallest absolute Gasteiger partial charge is 0.317 e. The third kappa shape index (κ3) is 29.6. The number of rotatable bonds is 37. The van der Waals surface area contributed by atoms with Gasteiger partial charge in [0, 0.05) is 113 Å². The van der Waals surface area contributed by atoms with Gasteiger partial charge in [0.15, 0.2) is 5.96 Å². The lowest BCUT2D eigenvalue weighted by Gasteiger charge is -2.34. The first kappa shape index (κ1) is 95.7. The Morgan fingerprint density at radius 2 is 1.12 bits per heavy atom. The van der Waals surface area contributed by atoms with Crippen LogP contribution in [0.1, 0.15) is 125 Å². The minimum atomic E-state index is -2.00. The molecule has 14 amide bonds. The number of primary amides is 1. The molecule has 3 aliphatic rings. The summed E-state index contributed by atoms with van der Waals surface area (Å²) >= 11 is 0. The average molecular weight is 1750 g/mol. The number of carbonyl (C=O) groups excluding carboxylic acids is 14. The van der Waals surface area contributed by atoms with E-state index in [9.17, 15) is 72.9 Å². The number of likely N-dealkylation sites (tertiary alicyclic amines) is 2. The van der Waals surface area contributed by atoms with E-state index < -0.39 is 199 Å². The van der Waals surface area contributed by atoms with Gasteiger partial charge < -0.3 is 115 Å². The number of benzene rings is 3. The van der Waals surface area contributed by atoms with Gasteiger partial charge in [-0.05, 0) is 106 Å². The Balaban J connectivity index is 0.980.